The largest absolute Gasteiger partial charge is 0.376 e. The standard InChI is InChI=1S/C43H50F2N10/c1-7-28-15-30(16-28)17-31-18-32(44)13-14-39(31)55-43-35(21-49-55)42(46-24-47-43)54-25-48-40-12-10-11-36(51-40)34-19-33(45)20-37-41(34)53(27(5)50-37)23-29(8-2)22-52(6)26(4)38(54)9-3/h10-14,18-21,24,28-30,38H,4,7-9,15-17,22-23,25H2,1-3,5-6H3,(H,48,51). The molecule has 1 fully saturated rings. The fourth-order valence-corrected chi connectivity index (χ4v) is 8.77. The first-order valence-corrected chi connectivity index (χ1v) is 19.7. The molecule has 1 N–H and O–H groups in total. The molecule has 286 valence electrons. The van der Waals surface area contributed by atoms with Crippen LogP contribution in [0.2, 0.25) is 0 Å². The van der Waals surface area contributed by atoms with Gasteiger partial charge in [-0.3, -0.25) is 0 Å². The fraction of sp³-hybridized carbons (Fsp3) is 0.419. The number of rotatable bonds is 7. The van der Waals surface area contributed by atoms with E-state index in [2.05, 4.69) is 54.1 Å². The van der Waals surface area contributed by atoms with Crippen molar-refractivity contribution >= 4 is 33.7 Å². The number of nitrogens with zero attached hydrogens (tertiary/aromatic N) is 9. The summed E-state index contributed by atoms with van der Waals surface area (Å²) in [6.07, 6.45) is 9.41. The zero-order valence-corrected chi connectivity index (χ0v) is 32.4. The molecule has 2 unspecified atom stereocenters. The first-order valence-electron chi connectivity index (χ1n) is 19.7. The molecule has 2 atom stereocenters. The van der Waals surface area contributed by atoms with E-state index in [0.717, 1.165) is 65.4 Å². The van der Waals surface area contributed by atoms with E-state index in [-0.39, 0.29) is 23.6 Å². The molecule has 6 aromatic rings. The lowest BCUT2D eigenvalue weighted by Crippen LogP contribution is -2.45. The number of fused-ring (bicyclic) bond motifs is 4. The lowest BCUT2D eigenvalue weighted by Gasteiger charge is -2.38. The van der Waals surface area contributed by atoms with E-state index in [1.165, 1.54) is 31.4 Å². The minimum Gasteiger partial charge on any atom is -0.376 e. The van der Waals surface area contributed by atoms with E-state index in [9.17, 15) is 4.39 Å². The van der Waals surface area contributed by atoms with Crippen molar-refractivity contribution in [2.75, 3.05) is 30.5 Å². The van der Waals surface area contributed by atoms with Crippen molar-refractivity contribution in [2.24, 2.45) is 17.8 Å². The zero-order chi connectivity index (χ0) is 38.4. The van der Waals surface area contributed by atoms with Crippen molar-refractivity contribution in [2.45, 2.75) is 78.8 Å². The van der Waals surface area contributed by atoms with Crippen molar-refractivity contribution in [3.05, 3.63) is 96.4 Å². The summed E-state index contributed by atoms with van der Waals surface area (Å²) in [5, 5.41) is 9.21. The normalized spacial score (nSPS) is 20.7. The summed E-state index contributed by atoms with van der Waals surface area (Å²) in [5.74, 6) is 3.13. The predicted molar refractivity (Wildman–Crippen MR) is 215 cm³/mol. The van der Waals surface area contributed by atoms with Gasteiger partial charge in [-0.2, -0.15) is 5.10 Å². The molecule has 8 rings (SSSR count). The van der Waals surface area contributed by atoms with Crippen LogP contribution in [0.25, 0.3) is 39.0 Å². The van der Waals surface area contributed by atoms with Gasteiger partial charge in [-0.15, -0.1) is 0 Å². The Balaban J connectivity index is 1.21. The first-order chi connectivity index (χ1) is 26.6. The predicted octanol–water partition coefficient (Wildman–Crippen LogP) is 8.93. The number of likely N-dealkylation sites (N-methyl/N-ethyl adjacent to an activating group) is 1. The lowest BCUT2D eigenvalue weighted by molar-refractivity contribution is 0.187. The van der Waals surface area contributed by atoms with E-state index in [1.54, 1.807) is 18.5 Å². The van der Waals surface area contributed by atoms with Gasteiger partial charge in [0.2, 0.25) is 0 Å². The molecule has 2 aliphatic rings. The quantitative estimate of drug-likeness (QED) is 0.173. The lowest BCUT2D eigenvalue weighted by atomic mass is 9.71. The number of benzene rings is 2. The molecule has 0 spiro atoms. The van der Waals surface area contributed by atoms with Crippen molar-refractivity contribution in [1.29, 1.82) is 0 Å². The molecular weight excluding hydrogens is 695 g/mol. The van der Waals surface area contributed by atoms with E-state index in [0.29, 0.717) is 53.2 Å². The molecule has 4 aromatic heterocycles. The van der Waals surface area contributed by atoms with Crippen molar-refractivity contribution in [3.63, 3.8) is 0 Å². The summed E-state index contributed by atoms with van der Waals surface area (Å²) >= 11 is 0. The Morgan fingerprint density at radius 2 is 1.71 bits per heavy atom. The number of anilines is 2. The summed E-state index contributed by atoms with van der Waals surface area (Å²) in [5.41, 5.74) is 6.25. The Labute approximate surface area is 321 Å². The number of hydrogen-bond acceptors (Lipinski definition) is 8. The van der Waals surface area contributed by atoms with Crippen LogP contribution in [0.5, 0.6) is 0 Å². The van der Waals surface area contributed by atoms with E-state index in [4.69, 9.17) is 25.0 Å². The van der Waals surface area contributed by atoms with Gasteiger partial charge in [-0.05, 0) is 98.7 Å². The average Bonchev–Trinajstić information content (AvgIpc) is 3.73. The third-order valence-electron chi connectivity index (χ3n) is 11.9. The van der Waals surface area contributed by atoms with Crippen LogP contribution in [0.15, 0.2) is 73.3 Å². The molecule has 2 aromatic carbocycles. The van der Waals surface area contributed by atoms with Gasteiger partial charge in [-0.25, -0.2) is 33.4 Å². The molecule has 5 heterocycles. The Bertz CT molecular complexity index is 2360. The second kappa shape index (κ2) is 15.0. The highest BCUT2D eigenvalue weighted by Crippen LogP contribution is 2.40. The number of halogens is 2. The molecular formula is C43H50F2N10. The molecule has 0 radical (unpaired) electrons. The Kier molecular flexibility index (Phi) is 10.00. The second-order valence-electron chi connectivity index (χ2n) is 15.5. The summed E-state index contributed by atoms with van der Waals surface area (Å²) in [6.45, 7) is 15.1. The van der Waals surface area contributed by atoms with Crippen LogP contribution in [-0.4, -0.2) is 65.5 Å². The van der Waals surface area contributed by atoms with Gasteiger partial charge >= 0.3 is 0 Å². The van der Waals surface area contributed by atoms with E-state index < -0.39 is 0 Å². The maximum absolute atomic E-state index is 15.1. The monoisotopic (exact) mass is 744 g/mol. The SMILES string of the molecule is C=C1C(CC)N(c2ncnc3c2cnn3-c2ccc(F)cc2CC2CC(CC)C2)CNc2cccc(n2)-c2cc(F)cc3nc(C)n(c23)CC(CC)CN1C. The van der Waals surface area contributed by atoms with Crippen LogP contribution in [0.3, 0.4) is 0 Å². The van der Waals surface area contributed by atoms with Crippen LogP contribution in [0, 0.1) is 36.3 Å². The van der Waals surface area contributed by atoms with Crippen LogP contribution < -0.4 is 10.2 Å². The van der Waals surface area contributed by atoms with Gasteiger partial charge in [0.15, 0.2) is 5.65 Å². The molecule has 0 amide bonds. The van der Waals surface area contributed by atoms with Crippen LogP contribution in [0.1, 0.15) is 64.3 Å². The summed E-state index contributed by atoms with van der Waals surface area (Å²) in [6, 6.07) is 13.7. The van der Waals surface area contributed by atoms with E-state index >= 15 is 4.39 Å². The molecule has 55 heavy (non-hydrogen) atoms. The number of pyridine rings is 1. The molecule has 1 aliphatic heterocycles. The third-order valence-corrected chi connectivity index (χ3v) is 11.9. The van der Waals surface area contributed by atoms with E-state index in [1.807, 2.05) is 42.1 Å². The van der Waals surface area contributed by atoms with Crippen LogP contribution >= 0.6 is 0 Å². The second-order valence-corrected chi connectivity index (χ2v) is 15.5. The number of aryl methyl sites for hydroxylation is 1. The molecule has 2 bridgehead atoms. The highest BCUT2D eigenvalue weighted by Gasteiger charge is 2.31. The first kappa shape index (κ1) is 36.6. The smallest absolute Gasteiger partial charge is 0.168 e. The minimum atomic E-state index is -0.348. The van der Waals surface area contributed by atoms with Crippen molar-refractivity contribution < 1.29 is 8.78 Å². The summed E-state index contributed by atoms with van der Waals surface area (Å²) in [7, 11) is 2.11. The maximum Gasteiger partial charge on any atom is 0.168 e. The zero-order valence-electron chi connectivity index (χ0n) is 32.4. The Morgan fingerprint density at radius 1 is 0.891 bits per heavy atom. The summed E-state index contributed by atoms with van der Waals surface area (Å²) in [4.78, 5) is 23.9. The average molecular weight is 745 g/mol. The highest BCUT2D eigenvalue weighted by molar-refractivity contribution is 5.92. The van der Waals surface area contributed by atoms with Gasteiger partial charge in [0.1, 0.15) is 35.4 Å². The van der Waals surface area contributed by atoms with Gasteiger partial charge in [-0.1, -0.05) is 39.8 Å². The van der Waals surface area contributed by atoms with Crippen LogP contribution in [-0.2, 0) is 13.0 Å². The number of imidazole rings is 1. The maximum atomic E-state index is 15.1. The van der Waals surface area contributed by atoms with Gasteiger partial charge in [0, 0.05) is 37.5 Å². The Morgan fingerprint density at radius 3 is 2.49 bits per heavy atom. The number of hydrogen-bond donors (Lipinski definition) is 1. The molecule has 0 saturated heterocycles. The topological polar surface area (TPSA) is 92.8 Å². The fourth-order valence-electron chi connectivity index (χ4n) is 8.77. The number of nitrogens with one attached hydrogen (secondary N) is 1. The van der Waals surface area contributed by atoms with Gasteiger partial charge in [0.25, 0.3) is 0 Å². The highest BCUT2D eigenvalue weighted by atomic mass is 19.1. The minimum absolute atomic E-state index is 0.149. The summed E-state index contributed by atoms with van der Waals surface area (Å²) < 4.78 is 33.9. The third kappa shape index (κ3) is 6.91. The van der Waals surface area contributed by atoms with Crippen molar-refractivity contribution in [1.82, 2.24) is 39.2 Å². The Hall–Kier alpha value is -5.39. The van der Waals surface area contributed by atoms with Gasteiger partial charge < -0.3 is 19.7 Å². The van der Waals surface area contributed by atoms with Gasteiger partial charge in [0.05, 0.1) is 46.7 Å². The molecule has 10 nitrogen and oxygen atoms in total. The molecule has 12 heteroatoms. The molecule has 1 saturated carbocycles. The van der Waals surface area contributed by atoms with Crippen molar-refractivity contribution in [3.8, 4) is 16.9 Å². The number of aromatic nitrogens is 7. The van der Waals surface area contributed by atoms with Crippen LogP contribution in [0.4, 0.5) is 20.4 Å². The molecule has 1 aliphatic carbocycles.